The van der Waals surface area contributed by atoms with Crippen molar-refractivity contribution in [1.82, 2.24) is 16.4 Å². The number of hydrogen-bond acceptors (Lipinski definition) is 4. The standard InChI is InChI=1S/C2H6N4/c1-3-2-5-6-4-1/h1,5-6H,2H2,(H,3,4). The maximum Gasteiger partial charge on any atom is 0.104 e. The van der Waals surface area contributed by atoms with Crippen LogP contribution in [-0.2, 0) is 0 Å². The van der Waals surface area contributed by atoms with Crippen molar-refractivity contribution in [2.45, 2.75) is 0 Å². The molecule has 0 amide bonds. The van der Waals surface area contributed by atoms with Gasteiger partial charge in [-0.15, -0.1) is 0 Å². The van der Waals surface area contributed by atoms with E-state index in [0.29, 0.717) is 6.67 Å². The molecule has 0 fully saturated rings. The zero-order valence-corrected chi connectivity index (χ0v) is 3.23. The van der Waals surface area contributed by atoms with Crippen LogP contribution in [0.5, 0.6) is 0 Å². The number of aliphatic imine (C=N–C) groups is 1. The Bertz CT molecular complexity index is 50.6. The van der Waals surface area contributed by atoms with E-state index in [1.54, 1.807) is 6.34 Å². The van der Waals surface area contributed by atoms with E-state index in [-0.39, 0.29) is 0 Å². The third kappa shape index (κ3) is 0.667. The summed E-state index contributed by atoms with van der Waals surface area (Å²) in [5, 5.41) is 0. The van der Waals surface area contributed by atoms with Crippen molar-refractivity contribution < 1.29 is 0 Å². The van der Waals surface area contributed by atoms with E-state index in [1.807, 2.05) is 0 Å². The first-order valence-corrected chi connectivity index (χ1v) is 1.72. The van der Waals surface area contributed by atoms with Crippen LogP contribution < -0.4 is 16.4 Å². The van der Waals surface area contributed by atoms with Crippen molar-refractivity contribution in [3.8, 4) is 0 Å². The van der Waals surface area contributed by atoms with Gasteiger partial charge in [0.05, 0.1) is 6.34 Å². The molecule has 0 aromatic heterocycles. The number of nitrogens with one attached hydrogen (secondary N) is 3. The molecule has 0 aromatic carbocycles. The summed E-state index contributed by atoms with van der Waals surface area (Å²) >= 11 is 0. The normalized spacial score (nSPS) is 20.0. The largest absolute Gasteiger partial charge is 0.299 e. The molecule has 0 aromatic rings. The monoisotopic (exact) mass is 86.1 g/mol. The summed E-state index contributed by atoms with van der Waals surface area (Å²) in [7, 11) is 0. The fraction of sp³-hybridized carbons (Fsp3) is 0.500. The molecule has 0 bridgehead atoms. The van der Waals surface area contributed by atoms with E-state index in [2.05, 4.69) is 21.4 Å². The van der Waals surface area contributed by atoms with Crippen molar-refractivity contribution in [2.75, 3.05) is 6.67 Å². The molecule has 0 spiro atoms. The van der Waals surface area contributed by atoms with Gasteiger partial charge in [0.1, 0.15) is 6.67 Å². The number of hydrogen-bond donors (Lipinski definition) is 3. The Balaban J connectivity index is 2.26. The van der Waals surface area contributed by atoms with Crippen LogP contribution in [-0.4, -0.2) is 13.0 Å². The summed E-state index contributed by atoms with van der Waals surface area (Å²) < 4.78 is 0. The van der Waals surface area contributed by atoms with Gasteiger partial charge in [0.15, 0.2) is 0 Å². The van der Waals surface area contributed by atoms with Crippen LogP contribution in [0, 0.1) is 0 Å². The van der Waals surface area contributed by atoms with E-state index >= 15 is 0 Å². The molecule has 4 heteroatoms. The van der Waals surface area contributed by atoms with Crippen LogP contribution in [0.25, 0.3) is 0 Å². The Kier molecular flexibility index (Phi) is 1.03. The number of rotatable bonds is 0. The number of hydrazine groups is 2. The average molecular weight is 86.1 g/mol. The van der Waals surface area contributed by atoms with Crippen LogP contribution in [0.2, 0.25) is 0 Å². The van der Waals surface area contributed by atoms with Crippen molar-refractivity contribution in [3.63, 3.8) is 0 Å². The molecule has 0 unspecified atom stereocenters. The topological polar surface area (TPSA) is 48.5 Å². The lowest BCUT2D eigenvalue weighted by Gasteiger charge is -2.06. The summed E-state index contributed by atoms with van der Waals surface area (Å²) in [6.45, 7) is 0.646. The van der Waals surface area contributed by atoms with Crippen LogP contribution in [0.3, 0.4) is 0 Å². The Labute approximate surface area is 35.6 Å². The maximum absolute atomic E-state index is 3.77. The predicted molar refractivity (Wildman–Crippen MR) is 22.8 cm³/mol. The first-order valence-electron chi connectivity index (χ1n) is 1.72. The fourth-order valence-corrected chi connectivity index (χ4v) is 0.260. The van der Waals surface area contributed by atoms with Gasteiger partial charge in [0, 0.05) is 0 Å². The predicted octanol–water partition coefficient (Wildman–Crippen LogP) is -1.42. The smallest absolute Gasteiger partial charge is 0.104 e. The molecule has 3 N–H and O–H groups in total. The second-order valence-electron chi connectivity index (χ2n) is 0.916. The van der Waals surface area contributed by atoms with Crippen LogP contribution >= 0.6 is 0 Å². The fourth-order valence-electron chi connectivity index (χ4n) is 0.260. The second-order valence-corrected chi connectivity index (χ2v) is 0.916. The highest BCUT2D eigenvalue weighted by Crippen LogP contribution is 1.57. The lowest BCUT2D eigenvalue weighted by atomic mass is 11.1. The lowest BCUT2D eigenvalue weighted by molar-refractivity contribution is 0.496. The van der Waals surface area contributed by atoms with Gasteiger partial charge in [-0.1, -0.05) is 0 Å². The molecule has 4 nitrogen and oxygen atoms in total. The van der Waals surface area contributed by atoms with Gasteiger partial charge in [-0.2, -0.15) is 5.53 Å². The molecule has 1 heterocycles. The van der Waals surface area contributed by atoms with E-state index in [1.165, 1.54) is 0 Å². The van der Waals surface area contributed by atoms with Crippen molar-refractivity contribution >= 4 is 6.34 Å². The molecule has 0 saturated heterocycles. The van der Waals surface area contributed by atoms with Crippen LogP contribution in [0.4, 0.5) is 0 Å². The van der Waals surface area contributed by atoms with Gasteiger partial charge < -0.3 is 0 Å². The summed E-state index contributed by atoms with van der Waals surface area (Å²) in [5.74, 6) is 0. The van der Waals surface area contributed by atoms with Gasteiger partial charge in [-0.25, -0.2) is 5.43 Å². The Morgan fingerprint density at radius 2 is 2.67 bits per heavy atom. The summed E-state index contributed by atoms with van der Waals surface area (Å²) in [6, 6.07) is 0. The molecule has 0 aliphatic carbocycles. The van der Waals surface area contributed by atoms with Gasteiger partial charge in [-0.05, 0) is 0 Å². The molecular weight excluding hydrogens is 80.0 g/mol. The highest BCUT2D eigenvalue weighted by atomic mass is 15.6. The molecule has 0 saturated carbocycles. The first kappa shape index (κ1) is 3.58. The molecule has 1 aliphatic rings. The average Bonchev–Trinajstić information content (AvgIpc) is 1.72. The molecular formula is C2H6N4. The Morgan fingerprint density at radius 1 is 1.67 bits per heavy atom. The summed E-state index contributed by atoms with van der Waals surface area (Å²) in [6.07, 6.45) is 1.59. The molecule has 6 heavy (non-hydrogen) atoms. The van der Waals surface area contributed by atoms with Gasteiger partial charge in [0.25, 0.3) is 0 Å². The zero-order valence-electron chi connectivity index (χ0n) is 3.23. The van der Waals surface area contributed by atoms with E-state index in [0.717, 1.165) is 0 Å². The van der Waals surface area contributed by atoms with E-state index < -0.39 is 0 Å². The van der Waals surface area contributed by atoms with Crippen molar-refractivity contribution in [3.05, 3.63) is 0 Å². The van der Waals surface area contributed by atoms with E-state index in [4.69, 9.17) is 0 Å². The van der Waals surface area contributed by atoms with Gasteiger partial charge in [0.2, 0.25) is 0 Å². The van der Waals surface area contributed by atoms with E-state index in [9.17, 15) is 0 Å². The van der Waals surface area contributed by atoms with Crippen molar-refractivity contribution in [2.24, 2.45) is 4.99 Å². The highest BCUT2D eigenvalue weighted by molar-refractivity contribution is 5.53. The molecule has 34 valence electrons. The third-order valence-electron chi connectivity index (χ3n) is 0.487. The minimum Gasteiger partial charge on any atom is -0.299 e. The Morgan fingerprint density at radius 3 is 2.83 bits per heavy atom. The maximum atomic E-state index is 3.77. The molecule has 1 aliphatic heterocycles. The Hall–Kier alpha value is -0.610. The SMILES string of the molecule is C1=NCNNN1. The quantitative estimate of drug-likeness (QED) is 0.339. The second kappa shape index (κ2) is 1.74. The van der Waals surface area contributed by atoms with Crippen LogP contribution in [0.15, 0.2) is 4.99 Å². The number of nitrogens with zero attached hydrogens (tertiary/aromatic N) is 1. The minimum atomic E-state index is 0.646. The zero-order chi connectivity index (χ0) is 4.24. The van der Waals surface area contributed by atoms with Gasteiger partial charge in [-0.3, -0.25) is 10.4 Å². The minimum absolute atomic E-state index is 0.646. The molecule has 1 rings (SSSR count). The van der Waals surface area contributed by atoms with Crippen LogP contribution in [0.1, 0.15) is 0 Å². The highest BCUT2D eigenvalue weighted by Gasteiger charge is 1.80. The summed E-state index contributed by atoms with van der Waals surface area (Å²) in [4.78, 5) is 3.77. The van der Waals surface area contributed by atoms with Crippen molar-refractivity contribution in [1.29, 1.82) is 0 Å². The first-order chi connectivity index (χ1) is 3.00. The summed E-state index contributed by atoms with van der Waals surface area (Å²) in [5.41, 5.74) is 7.99. The lowest BCUT2D eigenvalue weighted by Crippen LogP contribution is -2.46. The molecule has 0 radical (unpaired) electrons. The molecule has 0 atom stereocenters. The van der Waals surface area contributed by atoms with Gasteiger partial charge >= 0.3 is 0 Å². The third-order valence-corrected chi connectivity index (χ3v) is 0.487.